The van der Waals surface area contributed by atoms with Crippen molar-refractivity contribution in [2.75, 3.05) is 44.2 Å². The Morgan fingerprint density at radius 3 is 2.07 bits per heavy atom. The zero-order chi connectivity index (χ0) is 51.7. The molecule has 4 aliphatic rings. The van der Waals surface area contributed by atoms with Gasteiger partial charge in [0.15, 0.2) is 0 Å². The number of anilines is 1. The van der Waals surface area contributed by atoms with Gasteiger partial charge in [-0.2, -0.15) is 0 Å². The van der Waals surface area contributed by atoms with E-state index < -0.39 is 0 Å². The minimum Gasteiger partial charge on any atom is -0.456 e. The summed E-state index contributed by atoms with van der Waals surface area (Å²) in [6.45, 7) is 13.8. The molecule has 3 aliphatic heterocycles. The Kier molecular flexibility index (Phi) is 17.4. The quantitative estimate of drug-likeness (QED) is 0.0258. The van der Waals surface area contributed by atoms with E-state index in [-0.39, 0.29) is 36.2 Å². The number of nitrogens with one attached hydrogen (secondary N) is 1. The van der Waals surface area contributed by atoms with Crippen molar-refractivity contribution in [3.05, 3.63) is 151 Å². The first-order valence-corrected chi connectivity index (χ1v) is 28.5. The van der Waals surface area contributed by atoms with Crippen LogP contribution in [0.4, 0.5) is 5.69 Å². The molecule has 382 valence electrons. The molecule has 0 spiro atoms. The van der Waals surface area contributed by atoms with Gasteiger partial charge in [-0.05, 0) is 130 Å². The maximum Gasteiger partial charge on any atom is 0.269 e. The average Bonchev–Trinajstić information content (AvgIpc) is 3.88. The summed E-state index contributed by atoms with van der Waals surface area (Å²) in [5, 5.41) is 14.1. The number of unbranched alkanes of at least 4 members (excludes halogenated alkanes) is 2. The van der Waals surface area contributed by atoms with Gasteiger partial charge in [-0.3, -0.25) is 24.1 Å². The number of carbonyl (C=O) groups excluding carboxylic acids is 4. The van der Waals surface area contributed by atoms with E-state index in [0.717, 1.165) is 97.0 Å². The van der Waals surface area contributed by atoms with Crippen LogP contribution >= 0.6 is 46.1 Å². The molecular formula is C58H62IN8O5S2+. The normalized spacial score (nSPS) is 14.2. The molecule has 4 aromatic carbocycles. The van der Waals surface area contributed by atoms with Crippen molar-refractivity contribution >= 4 is 86.4 Å². The Bertz CT molecular complexity index is 3170. The molecule has 5 aromatic rings. The fraction of sp³-hybridized carbons (Fsp3) is 0.328. The van der Waals surface area contributed by atoms with E-state index in [1.165, 1.54) is 28.4 Å². The highest BCUT2D eigenvalue weighted by atomic mass is 127. The number of thioether (sulfide) groups is 2. The molecule has 1 aliphatic carbocycles. The standard InChI is InChI=1S/C58H61IN8O5S2/c1-5-63(6-2)40-27-29-46-49(36-40)72-50-37-41(64(7-3)8-4)28-30-47(50)52(46)44-24-17-18-25-45(44)56(69)65-34-31-39(32-35-65)60-51(68)26-16-11-19-33-67-55(59)48(61-62-67)38-66-57(70)53(73-42-20-12-9-13-21-42)54(58(66)71)74-43-22-14-10-15-23-43/h9-10,12-15,17-18,20-25,27-30,36-37,39H,5-8,11,16,19,26,31-35,38H2,1-4H3/p+1. The number of likely N-dealkylation sites (tertiary alicyclic amines) is 1. The molecule has 16 heteroatoms. The number of benzene rings is 5. The van der Waals surface area contributed by atoms with Crippen molar-refractivity contribution in [3.8, 4) is 22.5 Å². The number of halogens is 1. The molecule has 0 bridgehead atoms. The van der Waals surface area contributed by atoms with Gasteiger partial charge < -0.3 is 19.5 Å². The second kappa shape index (κ2) is 24.4. The van der Waals surface area contributed by atoms with E-state index in [2.05, 4.69) is 118 Å². The number of nitrogens with zero attached hydrogens (tertiary/aromatic N) is 7. The lowest BCUT2D eigenvalue weighted by Crippen LogP contribution is -2.46. The largest absolute Gasteiger partial charge is 0.456 e. The summed E-state index contributed by atoms with van der Waals surface area (Å²) in [5.74, 6) is 0.0862. The lowest BCUT2D eigenvalue weighted by molar-refractivity contribution is -0.137. The van der Waals surface area contributed by atoms with Crippen LogP contribution in [0.5, 0.6) is 0 Å². The van der Waals surface area contributed by atoms with Gasteiger partial charge in [-0.1, -0.05) is 89.8 Å². The molecule has 9 rings (SSSR count). The van der Waals surface area contributed by atoms with Gasteiger partial charge in [-0.25, -0.2) is 9.26 Å². The average molecular weight is 1140 g/mol. The molecule has 74 heavy (non-hydrogen) atoms. The van der Waals surface area contributed by atoms with Crippen LogP contribution in [0.25, 0.3) is 33.4 Å². The number of aromatic nitrogens is 3. The number of aryl methyl sites for hydroxylation is 1. The van der Waals surface area contributed by atoms with Crippen LogP contribution < -0.4 is 20.1 Å². The summed E-state index contributed by atoms with van der Waals surface area (Å²) in [6, 6.07) is 39.9. The van der Waals surface area contributed by atoms with Crippen molar-refractivity contribution in [1.29, 1.82) is 0 Å². The molecule has 0 radical (unpaired) electrons. The molecule has 0 saturated carbocycles. The van der Waals surface area contributed by atoms with Gasteiger partial charge in [0.05, 0.1) is 22.4 Å². The maximum absolute atomic E-state index is 14.6. The first kappa shape index (κ1) is 52.6. The highest BCUT2D eigenvalue weighted by molar-refractivity contribution is 14.1. The Labute approximate surface area is 454 Å². The third-order valence-electron chi connectivity index (χ3n) is 13.9. The second-order valence-electron chi connectivity index (χ2n) is 18.4. The second-order valence-corrected chi connectivity index (χ2v) is 21.6. The van der Waals surface area contributed by atoms with Crippen molar-refractivity contribution in [3.63, 3.8) is 0 Å². The Morgan fingerprint density at radius 1 is 0.770 bits per heavy atom. The summed E-state index contributed by atoms with van der Waals surface area (Å²) >= 11 is 4.79. The minimum absolute atomic E-state index is 0.00818. The van der Waals surface area contributed by atoms with Gasteiger partial charge in [0.2, 0.25) is 11.3 Å². The molecular weight excluding hydrogens is 1080 g/mol. The molecule has 1 N–H and O–H groups in total. The number of fused-ring (bicyclic) bond motifs is 2. The Hall–Kier alpha value is -6.24. The first-order chi connectivity index (χ1) is 36.1. The van der Waals surface area contributed by atoms with Crippen molar-refractivity contribution < 1.29 is 23.6 Å². The third-order valence-corrected chi connectivity index (χ3v) is 17.3. The molecule has 1 aromatic heterocycles. The summed E-state index contributed by atoms with van der Waals surface area (Å²) in [6.07, 6.45) is 4.07. The number of hydrogen-bond donors (Lipinski definition) is 1. The fourth-order valence-electron chi connectivity index (χ4n) is 9.83. The lowest BCUT2D eigenvalue weighted by atomic mass is 9.90. The Morgan fingerprint density at radius 2 is 1.42 bits per heavy atom. The van der Waals surface area contributed by atoms with Gasteiger partial charge in [-0.15, -0.1) is 5.10 Å². The van der Waals surface area contributed by atoms with Crippen molar-refractivity contribution in [2.24, 2.45) is 0 Å². The van der Waals surface area contributed by atoms with Crippen LogP contribution in [-0.4, -0.2) is 93.7 Å². The molecule has 4 amide bonds. The smallest absolute Gasteiger partial charge is 0.269 e. The SMILES string of the molecule is CCN(CC)c1ccc2c(-c3ccccc3C(=O)N3CCC(NC(=O)CCCCCn4nnc(CN5C(=O)C(Sc6ccccc6)=C(Sc6ccccc6)C5=O)c4I)CC3)c3ccc(=[N+](CC)CC)cc-3oc2c1. The highest BCUT2D eigenvalue weighted by Crippen LogP contribution is 2.44. The van der Waals surface area contributed by atoms with E-state index in [4.69, 9.17) is 4.42 Å². The summed E-state index contributed by atoms with van der Waals surface area (Å²) in [4.78, 5) is 63.5. The van der Waals surface area contributed by atoms with Crippen molar-refractivity contribution in [1.82, 2.24) is 34.7 Å². The van der Waals surface area contributed by atoms with E-state index in [1.807, 2.05) is 83.8 Å². The van der Waals surface area contributed by atoms with Crippen LogP contribution in [0.15, 0.2) is 145 Å². The lowest BCUT2D eigenvalue weighted by Gasteiger charge is -2.33. The zero-order valence-electron chi connectivity index (χ0n) is 42.4. The summed E-state index contributed by atoms with van der Waals surface area (Å²) < 4.78 is 11.6. The van der Waals surface area contributed by atoms with Gasteiger partial charge in [0.1, 0.15) is 33.8 Å². The van der Waals surface area contributed by atoms with E-state index >= 15 is 0 Å². The number of carbonyl (C=O) groups is 4. The third kappa shape index (κ3) is 11.7. The topological polar surface area (TPSA) is 137 Å². The van der Waals surface area contributed by atoms with E-state index in [0.29, 0.717) is 66.4 Å². The molecule has 13 nitrogen and oxygen atoms in total. The minimum atomic E-state index is -0.344. The molecule has 1 fully saturated rings. The predicted molar refractivity (Wildman–Crippen MR) is 304 cm³/mol. The highest BCUT2D eigenvalue weighted by Gasteiger charge is 2.40. The van der Waals surface area contributed by atoms with Crippen LogP contribution in [0.3, 0.4) is 0 Å². The van der Waals surface area contributed by atoms with E-state index in [9.17, 15) is 19.2 Å². The molecule has 0 unspecified atom stereocenters. The molecule has 0 atom stereocenters. The van der Waals surface area contributed by atoms with Crippen LogP contribution in [0.1, 0.15) is 82.3 Å². The van der Waals surface area contributed by atoms with Gasteiger partial charge >= 0.3 is 0 Å². The van der Waals surface area contributed by atoms with Crippen LogP contribution in [0.2, 0.25) is 0 Å². The van der Waals surface area contributed by atoms with Crippen LogP contribution in [-0.2, 0) is 27.5 Å². The summed E-state index contributed by atoms with van der Waals surface area (Å²) in [5.41, 5.74) is 5.89. The molecule has 1 saturated heterocycles. The molecule has 4 heterocycles. The Balaban J connectivity index is 0.782. The number of imide groups is 1. The number of hydrogen-bond acceptors (Lipinski definition) is 10. The number of piperidine rings is 1. The monoisotopic (exact) mass is 1140 g/mol. The van der Waals surface area contributed by atoms with Gasteiger partial charge in [0.25, 0.3) is 17.7 Å². The predicted octanol–water partition coefficient (Wildman–Crippen LogP) is 10.7. The fourth-order valence-corrected chi connectivity index (χ4v) is 12.5. The maximum atomic E-state index is 14.6. The van der Waals surface area contributed by atoms with Crippen molar-refractivity contribution in [2.45, 2.75) is 95.1 Å². The van der Waals surface area contributed by atoms with Gasteiger partial charge in [0, 0.05) is 94.9 Å². The van der Waals surface area contributed by atoms with E-state index in [1.54, 1.807) is 4.68 Å². The first-order valence-electron chi connectivity index (χ1n) is 25.7. The van der Waals surface area contributed by atoms with Crippen LogP contribution in [0, 0.1) is 3.70 Å². The number of rotatable bonds is 20. The zero-order valence-corrected chi connectivity index (χ0v) is 46.2. The summed E-state index contributed by atoms with van der Waals surface area (Å²) in [7, 11) is 0. The number of amides is 4.